The summed E-state index contributed by atoms with van der Waals surface area (Å²) in [5, 5.41) is 2.63. The molecule has 1 aliphatic heterocycles. The van der Waals surface area contributed by atoms with Gasteiger partial charge in [-0.05, 0) is 26.0 Å². The van der Waals surface area contributed by atoms with Gasteiger partial charge in [0.2, 0.25) is 5.91 Å². The van der Waals surface area contributed by atoms with Crippen LogP contribution in [0.15, 0.2) is 29.3 Å². The van der Waals surface area contributed by atoms with Crippen molar-refractivity contribution in [1.82, 2.24) is 0 Å². The molecule has 1 aliphatic rings. The summed E-state index contributed by atoms with van der Waals surface area (Å²) >= 11 is 3.17. The molecule has 0 saturated heterocycles. The van der Waals surface area contributed by atoms with Crippen LogP contribution < -0.4 is 5.32 Å². The number of anilines is 1. The third kappa shape index (κ3) is 4.11. The highest BCUT2D eigenvalue weighted by atomic mass is 32.2. The van der Waals surface area contributed by atoms with Crippen LogP contribution in [0, 0.1) is 0 Å². The number of amides is 1. The van der Waals surface area contributed by atoms with Gasteiger partial charge in [0.1, 0.15) is 4.38 Å². The lowest BCUT2D eigenvalue weighted by Crippen LogP contribution is -2.23. The van der Waals surface area contributed by atoms with Gasteiger partial charge in [0.15, 0.2) is 5.78 Å². The summed E-state index contributed by atoms with van der Waals surface area (Å²) in [6, 6.07) is 6.98. The molecule has 0 aromatic heterocycles. The molecule has 1 aromatic carbocycles. The highest BCUT2D eigenvalue weighted by Gasteiger charge is 2.19. The van der Waals surface area contributed by atoms with Crippen molar-refractivity contribution in [2.24, 2.45) is 4.99 Å². The Balaban J connectivity index is 1.96. The Bertz CT molecular complexity index is 558. The molecule has 1 aromatic rings. The van der Waals surface area contributed by atoms with E-state index in [9.17, 15) is 9.59 Å². The van der Waals surface area contributed by atoms with E-state index in [4.69, 9.17) is 0 Å². The number of thioether (sulfide) groups is 2. The first-order valence-electron chi connectivity index (χ1n) is 6.32. The van der Waals surface area contributed by atoms with Gasteiger partial charge in [-0.15, -0.1) is 0 Å². The van der Waals surface area contributed by atoms with Crippen LogP contribution in [0.4, 0.5) is 5.69 Å². The Morgan fingerprint density at radius 3 is 2.90 bits per heavy atom. The third-order valence-corrected chi connectivity index (χ3v) is 5.04. The quantitative estimate of drug-likeness (QED) is 0.869. The molecule has 4 nitrogen and oxygen atoms in total. The molecule has 0 unspecified atom stereocenters. The van der Waals surface area contributed by atoms with E-state index in [1.807, 2.05) is 6.92 Å². The molecule has 1 atom stereocenters. The largest absolute Gasteiger partial charge is 0.325 e. The first kappa shape index (κ1) is 15.1. The molecular formula is C14H16N2O2S2. The Hall–Kier alpha value is -1.27. The number of nitrogens with zero attached hydrogens (tertiary/aromatic N) is 1. The van der Waals surface area contributed by atoms with E-state index in [1.165, 1.54) is 18.7 Å². The van der Waals surface area contributed by atoms with Crippen molar-refractivity contribution >= 4 is 45.3 Å². The van der Waals surface area contributed by atoms with Crippen LogP contribution >= 0.6 is 23.5 Å². The molecular weight excluding hydrogens is 292 g/mol. The fraction of sp³-hybridized carbons (Fsp3) is 0.357. The van der Waals surface area contributed by atoms with E-state index in [1.54, 1.807) is 36.0 Å². The van der Waals surface area contributed by atoms with E-state index in [0.717, 1.165) is 16.7 Å². The van der Waals surface area contributed by atoms with Crippen LogP contribution in [0.3, 0.4) is 0 Å². The van der Waals surface area contributed by atoms with Crippen molar-refractivity contribution in [3.63, 3.8) is 0 Å². The second kappa shape index (κ2) is 6.95. The predicted molar refractivity (Wildman–Crippen MR) is 86.9 cm³/mol. The first-order chi connectivity index (χ1) is 9.56. The van der Waals surface area contributed by atoms with Gasteiger partial charge in [0.05, 0.1) is 11.8 Å². The Morgan fingerprint density at radius 1 is 1.45 bits per heavy atom. The molecule has 1 amide bonds. The van der Waals surface area contributed by atoms with Crippen molar-refractivity contribution in [2.45, 2.75) is 19.1 Å². The van der Waals surface area contributed by atoms with E-state index in [-0.39, 0.29) is 16.9 Å². The maximum atomic E-state index is 12.1. The number of ketones is 1. The number of carbonyl (C=O) groups excluding carboxylic acids is 2. The summed E-state index contributed by atoms with van der Waals surface area (Å²) < 4.78 is 0.977. The minimum absolute atomic E-state index is 0.0137. The molecule has 1 heterocycles. The smallest absolute Gasteiger partial charge is 0.237 e. The maximum absolute atomic E-state index is 12.1. The van der Waals surface area contributed by atoms with Crippen LogP contribution in [0.1, 0.15) is 24.2 Å². The van der Waals surface area contributed by atoms with Crippen LogP contribution in [-0.2, 0) is 4.79 Å². The van der Waals surface area contributed by atoms with Crippen molar-refractivity contribution in [2.75, 3.05) is 17.6 Å². The van der Waals surface area contributed by atoms with E-state index >= 15 is 0 Å². The number of hydrogen-bond donors (Lipinski definition) is 1. The monoisotopic (exact) mass is 308 g/mol. The second-order valence-electron chi connectivity index (χ2n) is 4.38. The molecule has 0 aliphatic carbocycles. The lowest BCUT2D eigenvalue weighted by molar-refractivity contribution is -0.115. The van der Waals surface area contributed by atoms with Gasteiger partial charge < -0.3 is 5.32 Å². The summed E-state index contributed by atoms with van der Waals surface area (Å²) in [5.41, 5.74) is 1.25. The lowest BCUT2D eigenvalue weighted by Gasteiger charge is -2.12. The molecule has 1 N–H and O–H groups in total. The molecule has 0 spiro atoms. The van der Waals surface area contributed by atoms with Gasteiger partial charge in [-0.1, -0.05) is 35.7 Å². The number of benzene rings is 1. The van der Waals surface area contributed by atoms with E-state index in [0.29, 0.717) is 11.3 Å². The number of hydrogen-bond acceptors (Lipinski definition) is 5. The minimum atomic E-state index is -0.208. The number of Topliss-reactive ketones (excluding diaryl/α,β-unsaturated/α-hetero) is 1. The van der Waals surface area contributed by atoms with Gasteiger partial charge in [0.25, 0.3) is 0 Å². The number of rotatable bonds is 4. The van der Waals surface area contributed by atoms with Gasteiger partial charge in [-0.2, -0.15) is 0 Å². The summed E-state index contributed by atoms with van der Waals surface area (Å²) in [4.78, 5) is 27.7. The summed E-state index contributed by atoms with van der Waals surface area (Å²) in [7, 11) is 0. The van der Waals surface area contributed by atoms with Gasteiger partial charge >= 0.3 is 0 Å². The number of nitrogens with one attached hydrogen (secondary N) is 1. The van der Waals surface area contributed by atoms with E-state index in [2.05, 4.69) is 10.3 Å². The topological polar surface area (TPSA) is 58.5 Å². The minimum Gasteiger partial charge on any atom is -0.325 e. The fourth-order valence-electron chi connectivity index (χ4n) is 1.65. The van der Waals surface area contributed by atoms with Crippen LogP contribution in [-0.4, -0.2) is 33.6 Å². The first-order valence-corrected chi connectivity index (χ1v) is 8.18. The van der Waals surface area contributed by atoms with Crippen LogP contribution in [0.2, 0.25) is 0 Å². The zero-order valence-corrected chi connectivity index (χ0v) is 13.0. The summed E-state index contributed by atoms with van der Waals surface area (Å²) in [5.74, 6) is 0.906. The zero-order valence-electron chi connectivity index (χ0n) is 11.4. The standard InChI is InChI=1S/C14H16N2O2S2/c1-9(17)11-4-3-5-12(8-11)16-13(18)10(2)20-14-15-6-7-19-14/h3-5,8,10H,6-7H2,1-2H3,(H,16,18)/t10-/m1/s1. The van der Waals surface area contributed by atoms with Crippen molar-refractivity contribution in [3.05, 3.63) is 29.8 Å². The second-order valence-corrected chi connectivity index (χ2v) is 7.05. The average Bonchev–Trinajstić information content (AvgIpc) is 2.91. The Morgan fingerprint density at radius 2 is 2.25 bits per heavy atom. The molecule has 0 fully saturated rings. The average molecular weight is 308 g/mol. The van der Waals surface area contributed by atoms with Crippen molar-refractivity contribution < 1.29 is 9.59 Å². The van der Waals surface area contributed by atoms with Crippen molar-refractivity contribution in [3.8, 4) is 0 Å². The number of carbonyl (C=O) groups is 2. The molecule has 106 valence electrons. The maximum Gasteiger partial charge on any atom is 0.237 e. The van der Waals surface area contributed by atoms with Crippen LogP contribution in [0.25, 0.3) is 0 Å². The van der Waals surface area contributed by atoms with E-state index < -0.39 is 0 Å². The van der Waals surface area contributed by atoms with Crippen LogP contribution in [0.5, 0.6) is 0 Å². The Labute approximate surface area is 126 Å². The fourth-order valence-corrected chi connectivity index (χ4v) is 3.78. The highest BCUT2D eigenvalue weighted by Crippen LogP contribution is 2.26. The summed E-state index contributed by atoms with van der Waals surface area (Å²) in [6.45, 7) is 4.20. The molecule has 0 radical (unpaired) electrons. The summed E-state index contributed by atoms with van der Waals surface area (Å²) in [6.07, 6.45) is 0. The molecule has 2 rings (SSSR count). The third-order valence-electron chi connectivity index (χ3n) is 2.74. The predicted octanol–water partition coefficient (Wildman–Crippen LogP) is 3.05. The zero-order chi connectivity index (χ0) is 14.5. The highest BCUT2D eigenvalue weighted by molar-refractivity contribution is 8.39. The molecule has 20 heavy (non-hydrogen) atoms. The lowest BCUT2D eigenvalue weighted by atomic mass is 10.1. The van der Waals surface area contributed by atoms with Gasteiger partial charge in [-0.3, -0.25) is 14.6 Å². The number of aliphatic imine (C=N–C) groups is 1. The molecule has 6 heteroatoms. The SMILES string of the molecule is CC(=O)c1cccc(NC(=O)[C@@H](C)SC2=NCCS2)c1. The van der Waals surface area contributed by atoms with Crippen molar-refractivity contribution in [1.29, 1.82) is 0 Å². The Kier molecular flexibility index (Phi) is 5.25. The molecule has 0 bridgehead atoms. The van der Waals surface area contributed by atoms with Gasteiger partial charge in [0, 0.05) is 17.0 Å². The van der Waals surface area contributed by atoms with Gasteiger partial charge in [-0.25, -0.2) is 0 Å². The molecule has 0 saturated carbocycles. The normalized spacial score (nSPS) is 15.6.